The molecule has 3 unspecified atom stereocenters. The van der Waals surface area contributed by atoms with Gasteiger partial charge in [-0.3, -0.25) is 37.3 Å². The van der Waals surface area contributed by atoms with Crippen molar-refractivity contribution in [1.82, 2.24) is 0 Å². The molecule has 0 amide bonds. The van der Waals surface area contributed by atoms with Gasteiger partial charge in [-0.15, -0.1) is 0 Å². The van der Waals surface area contributed by atoms with E-state index >= 15 is 0 Å². The largest absolute Gasteiger partial charge is 0.472 e. The molecule has 6 atom stereocenters. The van der Waals surface area contributed by atoms with Crippen molar-refractivity contribution in [1.29, 1.82) is 0 Å². The summed E-state index contributed by atoms with van der Waals surface area (Å²) in [7, 11) is -9.90. The topological polar surface area (TPSA) is 237 Å². The quantitative estimate of drug-likeness (QED) is 0.0222. The van der Waals surface area contributed by atoms with Gasteiger partial charge in [0.15, 0.2) is 12.2 Å². The zero-order chi connectivity index (χ0) is 67.7. The number of ether oxygens (including phenoxy) is 4. The van der Waals surface area contributed by atoms with Crippen LogP contribution in [-0.4, -0.2) is 96.7 Å². The lowest BCUT2D eigenvalue weighted by Gasteiger charge is -2.21. The zero-order valence-electron chi connectivity index (χ0n) is 59.7. The Bertz CT molecular complexity index is 1770. The summed E-state index contributed by atoms with van der Waals surface area (Å²) in [5.41, 5.74) is 0. The Morgan fingerprint density at radius 2 is 0.522 bits per heavy atom. The molecule has 0 spiro atoms. The highest BCUT2D eigenvalue weighted by Gasteiger charge is 2.30. The Hall–Kier alpha value is -1.94. The molecule has 0 saturated heterocycles. The smallest absolute Gasteiger partial charge is 0.462 e. The van der Waals surface area contributed by atoms with Gasteiger partial charge < -0.3 is 33.8 Å². The SMILES string of the molecule is CCCCCCCCCCCCCCCCCCCC(=O)O[C@H](COC(=O)CCCCCCCCCCCCCCCCCC)COP(=O)(O)OC[C@@H](O)COP(=O)(O)OC[C@@H](COC(=O)CCCCCCC)OC(=O)CCCCCCCCCCCCC(C)CC. The number of phosphoric ester groups is 2. The Kier molecular flexibility index (Phi) is 64.9. The van der Waals surface area contributed by atoms with Crippen LogP contribution in [0.25, 0.3) is 0 Å². The molecule has 17 nitrogen and oxygen atoms in total. The second-order valence-electron chi connectivity index (χ2n) is 26.6. The number of unbranched alkanes of at least 4 members (excludes halogenated alkanes) is 44. The molecule has 0 aliphatic rings. The predicted molar refractivity (Wildman–Crippen MR) is 372 cm³/mol. The molecule has 0 aliphatic heterocycles. The van der Waals surface area contributed by atoms with Crippen molar-refractivity contribution < 1.29 is 80.2 Å². The average molecular weight is 1350 g/mol. The number of carbonyl (C=O) groups is 4. The molecule has 0 saturated carbocycles. The molecule has 546 valence electrons. The second kappa shape index (κ2) is 66.3. The predicted octanol–water partition coefficient (Wildman–Crippen LogP) is 21.3. The van der Waals surface area contributed by atoms with Gasteiger partial charge in [-0.2, -0.15) is 0 Å². The van der Waals surface area contributed by atoms with Gasteiger partial charge in [0.05, 0.1) is 26.4 Å². The van der Waals surface area contributed by atoms with Crippen LogP contribution >= 0.6 is 15.6 Å². The summed E-state index contributed by atoms with van der Waals surface area (Å²) >= 11 is 0. The zero-order valence-corrected chi connectivity index (χ0v) is 61.5. The lowest BCUT2D eigenvalue weighted by molar-refractivity contribution is -0.161. The minimum atomic E-state index is -4.95. The highest BCUT2D eigenvalue weighted by Crippen LogP contribution is 2.45. The van der Waals surface area contributed by atoms with Crippen molar-refractivity contribution in [2.45, 2.75) is 400 Å². The van der Waals surface area contributed by atoms with Gasteiger partial charge in [-0.1, -0.05) is 330 Å². The second-order valence-corrected chi connectivity index (χ2v) is 29.5. The van der Waals surface area contributed by atoms with Crippen LogP contribution in [0.15, 0.2) is 0 Å². The summed E-state index contributed by atoms with van der Waals surface area (Å²) in [5.74, 6) is -1.32. The number of esters is 4. The molecule has 92 heavy (non-hydrogen) atoms. The van der Waals surface area contributed by atoms with Gasteiger partial charge in [0.1, 0.15) is 19.3 Å². The van der Waals surface area contributed by atoms with Crippen LogP contribution in [-0.2, 0) is 65.4 Å². The fourth-order valence-corrected chi connectivity index (χ4v) is 12.7. The Morgan fingerprint density at radius 1 is 0.304 bits per heavy atom. The number of hydrogen-bond donors (Lipinski definition) is 3. The summed E-state index contributed by atoms with van der Waals surface area (Å²) in [5, 5.41) is 10.6. The molecule has 3 N–H and O–H groups in total. The van der Waals surface area contributed by atoms with Crippen LogP contribution in [0.5, 0.6) is 0 Å². The highest BCUT2D eigenvalue weighted by molar-refractivity contribution is 7.47. The van der Waals surface area contributed by atoms with E-state index in [2.05, 4.69) is 34.6 Å². The van der Waals surface area contributed by atoms with Crippen molar-refractivity contribution in [3.63, 3.8) is 0 Å². The standard InChI is InChI=1S/C73H142O17P2/c1-6-10-13-16-18-20-22-24-26-28-30-32-34-39-43-48-53-58-73(78)90-69(63-84-71(76)57-52-47-42-38-33-31-29-27-25-23-21-19-17-14-11-7-2)65-88-92(81,82)86-61-67(74)60-85-91(79,80)87-64-68(62-83-70(75)56-51-45-15-12-8-3)89-72(77)59-54-49-44-40-36-35-37-41-46-50-55-66(5)9-4/h66-69,74H,6-65H2,1-5H3,(H,79,80)(H,81,82)/t66?,67-,68+,69+/m0/s1. The van der Waals surface area contributed by atoms with E-state index in [9.17, 15) is 43.2 Å². The molecule has 0 fully saturated rings. The normalized spacial score (nSPS) is 14.3. The summed E-state index contributed by atoms with van der Waals surface area (Å²) in [6, 6.07) is 0. The van der Waals surface area contributed by atoms with Crippen molar-refractivity contribution in [3.05, 3.63) is 0 Å². The average Bonchev–Trinajstić information content (AvgIpc) is 2.85. The van der Waals surface area contributed by atoms with Crippen molar-refractivity contribution in [3.8, 4) is 0 Å². The van der Waals surface area contributed by atoms with E-state index in [4.69, 9.17) is 37.0 Å². The maximum Gasteiger partial charge on any atom is 0.472 e. The summed E-state index contributed by atoms with van der Waals surface area (Å²) in [6.07, 6.45) is 54.4. The Morgan fingerprint density at radius 3 is 0.772 bits per heavy atom. The Labute approximate surface area is 562 Å². The maximum absolute atomic E-state index is 13.0. The molecule has 0 radical (unpaired) electrons. The summed E-state index contributed by atoms with van der Waals surface area (Å²) in [6.45, 7) is 7.21. The molecule has 0 rings (SSSR count). The van der Waals surface area contributed by atoms with Gasteiger partial charge in [0.2, 0.25) is 0 Å². The van der Waals surface area contributed by atoms with Gasteiger partial charge in [0, 0.05) is 25.7 Å². The molecule has 0 aliphatic carbocycles. The van der Waals surface area contributed by atoms with E-state index in [0.29, 0.717) is 25.7 Å². The third-order valence-corrected chi connectivity index (χ3v) is 19.3. The first-order valence-electron chi connectivity index (χ1n) is 38.2. The van der Waals surface area contributed by atoms with Gasteiger partial charge in [-0.05, 0) is 31.6 Å². The van der Waals surface area contributed by atoms with Gasteiger partial charge in [0.25, 0.3) is 0 Å². The first-order chi connectivity index (χ1) is 44.6. The third kappa shape index (κ3) is 65.4. The van der Waals surface area contributed by atoms with E-state index in [1.165, 1.54) is 199 Å². The molecular weight excluding hydrogens is 1210 g/mol. The summed E-state index contributed by atoms with van der Waals surface area (Å²) in [4.78, 5) is 72.4. The van der Waals surface area contributed by atoms with Crippen LogP contribution in [0, 0.1) is 5.92 Å². The molecular formula is C73H142O17P2. The highest BCUT2D eigenvalue weighted by atomic mass is 31.2. The number of rotatable bonds is 73. The number of aliphatic hydroxyl groups excluding tert-OH is 1. The number of carbonyl (C=O) groups excluding carboxylic acids is 4. The monoisotopic (exact) mass is 1350 g/mol. The summed E-state index contributed by atoms with van der Waals surface area (Å²) < 4.78 is 68.2. The van der Waals surface area contributed by atoms with Crippen LogP contribution in [0.4, 0.5) is 0 Å². The minimum Gasteiger partial charge on any atom is -0.462 e. The maximum atomic E-state index is 13.0. The first-order valence-corrected chi connectivity index (χ1v) is 41.2. The molecule has 0 heterocycles. The minimum absolute atomic E-state index is 0.106. The van der Waals surface area contributed by atoms with Crippen LogP contribution in [0.3, 0.4) is 0 Å². The van der Waals surface area contributed by atoms with Crippen LogP contribution in [0.1, 0.15) is 381 Å². The Balaban J connectivity index is 5.15. The van der Waals surface area contributed by atoms with E-state index in [1.807, 2.05) is 0 Å². The molecule has 0 aromatic rings. The molecule has 0 aromatic heterocycles. The van der Waals surface area contributed by atoms with Gasteiger partial charge in [-0.25, -0.2) is 9.13 Å². The van der Waals surface area contributed by atoms with E-state index in [0.717, 1.165) is 102 Å². The molecule has 19 heteroatoms. The molecule has 0 aromatic carbocycles. The fourth-order valence-electron chi connectivity index (χ4n) is 11.1. The fraction of sp³-hybridized carbons (Fsp3) is 0.945. The van der Waals surface area contributed by atoms with E-state index in [-0.39, 0.29) is 25.7 Å². The van der Waals surface area contributed by atoms with Crippen LogP contribution in [0.2, 0.25) is 0 Å². The third-order valence-electron chi connectivity index (χ3n) is 17.4. The first kappa shape index (κ1) is 90.1. The lowest BCUT2D eigenvalue weighted by atomic mass is 9.99. The van der Waals surface area contributed by atoms with Crippen molar-refractivity contribution >= 4 is 39.5 Å². The van der Waals surface area contributed by atoms with E-state index < -0.39 is 97.5 Å². The molecule has 0 bridgehead atoms. The van der Waals surface area contributed by atoms with Crippen LogP contribution < -0.4 is 0 Å². The number of phosphoric acid groups is 2. The van der Waals surface area contributed by atoms with Gasteiger partial charge >= 0.3 is 39.5 Å². The lowest BCUT2D eigenvalue weighted by Crippen LogP contribution is -2.30. The number of hydrogen-bond acceptors (Lipinski definition) is 15. The number of aliphatic hydroxyl groups is 1. The van der Waals surface area contributed by atoms with E-state index in [1.54, 1.807) is 0 Å². The van der Waals surface area contributed by atoms with Crippen molar-refractivity contribution in [2.24, 2.45) is 5.92 Å². The van der Waals surface area contributed by atoms with Crippen molar-refractivity contribution in [2.75, 3.05) is 39.6 Å².